The van der Waals surface area contributed by atoms with Crippen LogP contribution in [0.4, 0.5) is 0 Å². The van der Waals surface area contributed by atoms with Crippen LogP contribution in [0, 0.1) is 5.92 Å². The molecule has 1 atom stereocenters. The Labute approximate surface area is 203 Å². The first-order valence-electron chi connectivity index (χ1n) is 13.2. The number of benzene rings is 1. The fraction of sp³-hybridized carbons (Fsp3) is 0.667. The van der Waals surface area contributed by atoms with Gasteiger partial charge in [0.1, 0.15) is 6.61 Å². The molecular weight excluding hydrogens is 428 g/mol. The predicted molar refractivity (Wildman–Crippen MR) is 133 cm³/mol. The van der Waals surface area contributed by atoms with Crippen molar-refractivity contribution < 1.29 is 14.3 Å². The topological polar surface area (TPSA) is 88.2 Å². The van der Waals surface area contributed by atoms with E-state index >= 15 is 0 Å². The molecule has 0 aromatic heterocycles. The summed E-state index contributed by atoms with van der Waals surface area (Å²) in [6, 6.07) is 9.82. The monoisotopic (exact) mass is 468 g/mol. The zero-order valence-electron chi connectivity index (χ0n) is 20.6. The maximum Gasteiger partial charge on any atom is 0.261 e. The molecule has 1 unspecified atom stereocenters. The fourth-order valence-electron chi connectivity index (χ4n) is 5.58. The van der Waals surface area contributed by atoms with Crippen LogP contribution in [-0.2, 0) is 19.9 Å². The van der Waals surface area contributed by atoms with Gasteiger partial charge in [-0.3, -0.25) is 14.5 Å². The average molecular weight is 469 g/mol. The molecule has 34 heavy (non-hydrogen) atoms. The summed E-state index contributed by atoms with van der Waals surface area (Å²) in [6.45, 7) is 4.29. The summed E-state index contributed by atoms with van der Waals surface area (Å²) in [4.78, 5) is 34.7. The number of hydrogen-bond acceptors (Lipinski definition) is 5. The molecule has 0 spiro atoms. The van der Waals surface area contributed by atoms with Crippen LogP contribution in [-0.4, -0.2) is 59.9 Å². The molecule has 2 heterocycles. The summed E-state index contributed by atoms with van der Waals surface area (Å²) in [5.74, 6) is 0.706. The number of carbonyl (C=O) groups is 2. The van der Waals surface area contributed by atoms with Crippen molar-refractivity contribution in [1.82, 2.24) is 9.80 Å². The Balaban J connectivity index is 1.31. The third-order valence-corrected chi connectivity index (χ3v) is 7.73. The number of aliphatic imine (C=N–C) groups is 1. The molecule has 1 aromatic carbocycles. The van der Waals surface area contributed by atoms with Crippen LogP contribution in [0.15, 0.2) is 35.3 Å². The Morgan fingerprint density at radius 2 is 1.82 bits per heavy atom. The van der Waals surface area contributed by atoms with Gasteiger partial charge in [0, 0.05) is 19.6 Å². The van der Waals surface area contributed by atoms with Crippen LogP contribution in [0.3, 0.4) is 0 Å². The lowest BCUT2D eigenvalue weighted by atomic mass is 9.84. The normalized spacial score (nSPS) is 24.5. The van der Waals surface area contributed by atoms with Crippen LogP contribution in [0.2, 0.25) is 0 Å². The van der Waals surface area contributed by atoms with Crippen molar-refractivity contribution in [1.29, 1.82) is 0 Å². The highest BCUT2D eigenvalue weighted by Gasteiger charge is 2.49. The zero-order chi connectivity index (χ0) is 24.0. The molecule has 7 heteroatoms. The SMILES string of the molecule is CCCCC1(c2ccccc2)N=C(N)N(CC2CCN(C(=O)COC3CCCCC3)CC2)C1=O. The lowest BCUT2D eigenvalue weighted by Crippen LogP contribution is -2.48. The van der Waals surface area contributed by atoms with Crippen LogP contribution >= 0.6 is 0 Å². The van der Waals surface area contributed by atoms with Crippen LogP contribution in [0.5, 0.6) is 0 Å². The van der Waals surface area contributed by atoms with Gasteiger partial charge < -0.3 is 15.4 Å². The van der Waals surface area contributed by atoms with E-state index < -0.39 is 5.54 Å². The maximum atomic E-state index is 13.7. The quantitative estimate of drug-likeness (QED) is 0.597. The molecule has 4 rings (SSSR count). The number of ether oxygens (including phenoxy) is 1. The Bertz CT molecular complexity index is 860. The number of unbranched alkanes of at least 4 members (excludes halogenated alkanes) is 1. The van der Waals surface area contributed by atoms with Crippen molar-refractivity contribution in [2.45, 2.75) is 82.8 Å². The number of rotatable bonds is 9. The van der Waals surface area contributed by atoms with Crippen molar-refractivity contribution in [2.24, 2.45) is 16.6 Å². The van der Waals surface area contributed by atoms with Gasteiger partial charge in [-0.1, -0.05) is 69.4 Å². The second-order valence-corrected chi connectivity index (χ2v) is 10.1. The number of hydrogen-bond donors (Lipinski definition) is 1. The molecule has 1 aliphatic carbocycles. The maximum absolute atomic E-state index is 13.7. The first-order valence-corrected chi connectivity index (χ1v) is 13.2. The summed E-state index contributed by atoms with van der Waals surface area (Å²) >= 11 is 0. The first-order chi connectivity index (χ1) is 16.5. The van der Waals surface area contributed by atoms with Gasteiger partial charge in [-0.25, -0.2) is 4.99 Å². The average Bonchev–Trinajstić information content (AvgIpc) is 3.12. The Morgan fingerprint density at radius 3 is 2.50 bits per heavy atom. The molecule has 3 aliphatic rings. The number of nitrogens with zero attached hydrogens (tertiary/aromatic N) is 3. The minimum atomic E-state index is -0.908. The van der Waals surface area contributed by atoms with Crippen LogP contribution < -0.4 is 5.73 Å². The Morgan fingerprint density at radius 1 is 1.12 bits per heavy atom. The summed E-state index contributed by atoms with van der Waals surface area (Å²) in [5, 5.41) is 0. The van der Waals surface area contributed by atoms with E-state index in [0.717, 1.165) is 44.1 Å². The molecule has 2 amide bonds. The summed E-state index contributed by atoms with van der Waals surface area (Å²) in [6.07, 6.45) is 10.4. The van der Waals surface area contributed by atoms with Gasteiger partial charge in [0.25, 0.3) is 5.91 Å². The highest BCUT2D eigenvalue weighted by molar-refractivity contribution is 6.07. The molecule has 1 saturated carbocycles. The summed E-state index contributed by atoms with van der Waals surface area (Å²) in [5.41, 5.74) is 6.34. The van der Waals surface area contributed by atoms with E-state index in [1.807, 2.05) is 35.2 Å². The molecule has 2 N–H and O–H groups in total. The van der Waals surface area contributed by atoms with Crippen LogP contribution in [0.1, 0.15) is 76.7 Å². The molecule has 0 bridgehead atoms. The number of nitrogens with two attached hydrogens (primary N) is 1. The molecule has 186 valence electrons. The number of piperidine rings is 1. The van der Waals surface area contributed by atoms with E-state index in [1.54, 1.807) is 4.90 Å². The van der Waals surface area contributed by atoms with E-state index in [4.69, 9.17) is 15.5 Å². The van der Waals surface area contributed by atoms with Gasteiger partial charge in [-0.05, 0) is 43.6 Å². The van der Waals surface area contributed by atoms with E-state index in [-0.39, 0.29) is 24.5 Å². The van der Waals surface area contributed by atoms with Gasteiger partial charge in [0.2, 0.25) is 5.91 Å². The van der Waals surface area contributed by atoms with Gasteiger partial charge in [-0.2, -0.15) is 0 Å². The highest BCUT2D eigenvalue weighted by Crippen LogP contribution is 2.38. The largest absolute Gasteiger partial charge is 0.369 e. The second-order valence-electron chi connectivity index (χ2n) is 10.1. The smallest absolute Gasteiger partial charge is 0.261 e. The molecule has 2 aliphatic heterocycles. The van der Waals surface area contributed by atoms with E-state index in [9.17, 15) is 9.59 Å². The van der Waals surface area contributed by atoms with Crippen molar-refractivity contribution in [3.63, 3.8) is 0 Å². The van der Waals surface area contributed by atoms with Crippen molar-refractivity contribution in [3.8, 4) is 0 Å². The minimum Gasteiger partial charge on any atom is -0.369 e. The van der Waals surface area contributed by atoms with E-state index in [2.05, 4.69) is 6.92 Å². The van der Waals surface area contributed by atoms with Gasteiger partial charge in [-0.15, -0.1) is 0 Å². The molecule has 0 radical (unpaired) electrons. The molecule has 7 nitrogen and oxygen atoms in total. The molecular formula is C27H40N4O3. The van der Waals surface area contributed by atoms with E-state index in [0.29, 0.717) is 37.9 Å². The summed E-state index contributed by atoms with van der Waals surface area (Å²) < 4.78 is 5.88. The Hall–Kier alpha value is -2.41. The summed E-state index contributed by atoms with van der Waals surface area (Å²) in [7, 11) is 0. The number of likely N-dealkylation sites (tertiary alicyclic amines) is 1. The standard InChI is InChI=1S/C27H40N4O3/c1-2-3-16-27(22-10-6-4-7-11-22)25(33)31(26(28)29-27)19-21-14-17-30(18-15-21)24(32)20-34-23-12-8-5-9-13-23/h4,6-7,10-11,21,23H,2-3,5,8-9,12-20H2,1H3,(H2,28,29). The van der Waals surface area contributed by atoms with E-state index in [1.165, 1.54) is 19.3 Å². The van der Waals surface area contributed by atoms with Gasteiger partial charge >= 0.3 is 0 Å². The Kier molecular flexibility index (Phi) is 8.24. The second kappa shape index (κ2) is 11.3. The van der Waals surface area contributed by atoms with Gasteiger partial charge in [0.05, 0.1) is 6.10 Å². The minimum absolute atomic E-state index is 0.0102. The lowest BCUT2D eigenvalue weighted by molar-refractivity contribution is -0.140. The predicted octanol–water partition coefficient (Wildman–Crippen LogP) is 3.82. The van der Waals surface area contributed by atoms with Crippen molar-refractivity contribution in [3.05, 3.63) is 35.9 Å². The van der Waals surface area contributed by atoms with Crippen molar-refractivity contribution >= 4 is 17.8 Å². The third-order valence-electron chi connectivity index (χ3n) is 7.73. The van der Waals surface area contributed by atoms with Crippen molar-refractivity contribution in [2.75, 3.05) is 26.2 Å². The van der Waals surface area contributed by atoms with Gasteiger partial charge in [0.15, 0.2) is 11.5 Å². The molecule has 1 aromatic rings. The number of carbonyl (C=O) groups excluding carboxylic acids is 2. The third kappa shape index (κ3) is 5.45. The fourth-order valence-corrected chi connectivity index (χ4v) is 5.58. The lowest BCUT2D eigenvalue weighted by Gasteiger charge is -2.35. The number of guanidine groups is 1. The first kappa shape index (κ1) is 24.7. The molecule has 2 fully saturated rings. The van der Waals surface area contributed by atoms with Crippen LogP contribution in [0.25, 0.3) is 0 Å². The zero-order valence-corrected chi connectivity index (χ0v) is 20.6. The molecule has 1 saturated heterocycles. The number of amides is 2. The highest BCUT2D eigenvalue weighted by atomic mass is 16.5.